The van der Waals surface area contributed by atoms with E-state index in [1.54, 1.807) is 11.3 Å². The third kappa shape index (κ3) is 3.12. The Hall–Kier alpha value is -1.46. The Bertz CT molecular complexity index is 660. The number of thiazole rings is 1. The number of amides is 1. The van der Waals surface area contributed by atoms with Gasteiger partial charge in [-0.25, -0.2) is 4.98 Å². The van der Waals surface area contributed by atoms with Crippen LogP contribution in [0.25, 0.3) is 10.2 Å². The first kappa shape index (κ1) is 15.1. The minimum absolute atomic E-state index is 0.171. The van der Waals surface area contributed by atoms with Crippen molar-refractivity contribution in [2.45, 2.75) is 50.7 Å². The van der Waals surface area contributed by atoms with Gasteiger partial charge in [-0.3, -0.25) is 4.79 Å². The van der Waals surface area contributed by atoms with Crippen molar-refractivity contribution in [3.8, 4) is 0 Å². The van der Waals surface area contributed by atoms with Gasteiger partial charge >= 0.3 is 0 Å². The molecule has 2 atom stereocenters. The summed E-state index contributed by atoms with van der Waals surface area (Å²) in [7, 11) is 0. The van der Waals surface area contributed by atoms with Crippen molar-refractivity contribution in [3.05, 3.63) is 29.3 Å². The highest BCUT2D eigenvalue weighted by atomic mass is 32.1. The lowest BCUT2D eigenvalue weighted by Gasteiger charge is -2.23. The molecule has 2 saturated heterocycles. The SMILES string of the molecule is O=C(CC[C@@H]1CCCO1)N1CCC[C@H]1c1nc2ccccc2s1. The number of hydrogen-bond donors (Lipinski definition) is 0. The number of fused-ring (bicyclic) bond motifs is 1. The minimum Gasteiger partial charge on any atom is -0.378 e. The van der Waals surface area contributed by atoms with E-state index in [1.807, 2.05) is 23.1 Å². The molecule has 2 aliphatic heterocycles. The molecule has 23 heavy (non-hydrogen) atoms. The van der Waals surface area contributed by atoms with E-state index >= 15 is 0 Å². The third-order valence-electron chi connectivity index (χ3n) is 4.87. The maximum atomic E-state index is 12.6. The van der Waals surface area contributed by atoms with Crippen LogP contribution in [-0.4, -0.2) is 35.0 Å². The molecule has 2 aliphatic rings. The molecule has 2 fully saturated rings. The molecule has 5 heteroatoms. The number of aromatic nitrogens is 1. The van der Waals surface area contributed by atoms with Gasteiger partial charge in [0.1, 0.15) is 5.01 Å². The van der Waals surface area contributed by atoms with Gasteiger partial charge in [-0.05, 0) is 44.2 Å². The summed E-state index contributed by atoms with van der Waals surface area (Å²) in [5.41, 5.74) is 1.05. The summed E-state index contributed by atoms with van der Waals surface area (Å²) in [6.07, 6.45) is 6.11. The number of benzene rings is 1. The Kier molecular flexibility index (Phi) is 4.31. The Labute approximate surface area is 140 Å². The summed E-state index contributed by atoms with van der Waals surface area (Å²) in [5, 5.41) is 1.09. The fourth-order valence-electron chi connectivity index (χ4n) is 3.65. The van der Waals surface area contributed by atoms with Crippen molar-refractivity contribution < 1.29 is 9.53 Å². The minimum atomic E-state index is 0.171. The average molecular weight is 330 g/mol. The fraction of sp³-hybridized carbons (Fsp3) is 0.556. The van der Waals surface area contributed by atoms with Crippen LogP contribution in [0.5, 0.6) is 0 Å². The van der Waals surface area contributed by atoms with Gasteiger partial charge in [-0.2, -0.15) is 0 Å². The zero-order valence-electron chi connectivity index (χ0n) is 13.2. The second-order valence-electron chi connectivity index (χ2n) is 6.44. The molecule has 4 nitrogen and oxygen atoms in total. The summed E-state index contributed by atoms with van der Waals surface area (Å²) in [6, 6.07) is 8.39. The van der Waals surface area contributed by atoms with E-state index in [-0.39, 0.29) is 11.9 Å². The van der Waals surface area contributed by atoms with E-state index in [1.165, 1.54) is 4.70 Å². The normalized spacial score (nSPS) is 24.6. The first-order chi connectivity index (χ1) is 11.3. The van der Waals surface area contributed by atoms with Crippen LogP contribution in [0, 0.1) is 0 Å². The summed E-state index contributed by atoms with van der Waals surface area (Å²) < 4.78 is 6.85. The van der Waals surface area contributed by atoms with Crippen LogP contribution in [0.15, 0.2) is 24.3 Å². The number of ether oxygens (including phenoxy) is 1. The van der Waals surface area contributed by atoms with Gasteiger partial charge in [-0.15, -0.1) is 11.3 Å². The molecule has 0 saturated carbocycles. The van der Waals surface area contributed by atoms with Crippen LogP contribution < -0.4 is 0 Å². The molecule has 1 amide bonds. The summed E-state index contributed by atoms with van der Waals surface area (Å²) in [6.45, 7) is 1.72. The topological polar surface area (TPSA) is 42.4 Å². The molecule has 1 aromatic carbocycles. The van der Waals surface area contributed by atoms with Gasteiger partial charge in [0.15, 0.2) is 0 Å². The quantitative estimate of drug-likeness (QED) is 0.853. The maximum absolute atomic E-state index is 12.6. The van der Waals surface area contributed by atoms with E-state index in [4.69, 9.17) is 9.72 Å². The van der Waals surface area contributed by atoms with Gasteiger partial charge in [0, 0.05) is 19.6 Å². The average Bonchev–Trinajstić information content (AvgIpc) is 3.31. The smallest absolute Gasteiger partial charge is 0.223 e. The third-order valence-corrected chi connectivity index (χ3v) is 6.01. The lowest BCUT2D eigenvalue weighted by molar-refractivity contribution is -0.132. The number of hydrogen-bond acceptors (Lipinski definition) is 4. The van der Waals surface area contributed by atoms with Crippen molar-refractivity contribution in [1.82, 2.24) is 9.88 Å². The Morgan fingerprint density at radius 2 is 2.22 bits per heavy atom. The lowest BCUT2D eigenvalue weighted by Crippen LogP contribution is -2.31. The van der Waals surface area contributed by atoms with Crippen LogP contribution in [-0.2, 0) is 9.53 Å². The molecule has 0 radical (unpaired) electrons. The number of likely N-dealkylation sites (tertiary alicyclic amines) is 1. The van der Waals surface area contributed by atoms with E-state index in [9.17, 15) is 4.79 Å². The highest BCUT2D eigenvalue weighted by molar-refractivity contribution is 7.18. The second kappa shape index (κ2) is 6.57. The monoisotopic (exact) mass is 330 g/mol. The number of nitrogens with zero attached hydrogens (tertiary/aromatic N) is 2. The Morgan fingerprint density at radius 3 is 3.04 bits per heavy atom. The van der Waals surface area contributed by atoms with E-state index < -0.39 is 0 Å². The molecule has 0 N–H and O–H groups in total. The number of carbonyl (C=O) groups excluding carboxylic acids is 1. The number of para-hydroxylation sites is 1. The van der Waals surface area contributed by atoms with Gasteiger partial charge in [0.05, 0.1) is 22.4 Å². The number of carbonyl (C=O) groups is 1. The van der Waals surface area contributed by atoms with Crippen LogP contribution in [0.1, 0.15) is 49.6 Å². The Morgan fingerprint density at radius 1 is 1.30 bits per heavy atom. The Balaban J connectivity index is 1.46. The molecule has 0 unspecified atom stereocenters. The van der Waals surface area contributed by atoms with Crippen molar-refractivity contribution in [3.63, 3.8) is 0 Å². The van der Waals surface area contributed by atoms with Crippen LogP contribution in [0.3, 0.4) is 0 Å². The molecule has 4 rings (SSSR count). The van der Waals surface area contributed by atoms with Gasteiger partial charge in [-0.1, -0.05) is 12.1 Å². The van der Waals surface area contributed by atoms with Crippen molar-refractivity contribution in [2.75, 3.05) is 13.2 Å². The largest absolute Gasteiger partial charge is 0.378 e. The molecule has 0 spiro atoms. The zero-order chi connectivity index (χ0) is 15.6. The first-order valence-electron chi connectivity index (χ1n) is 8.58. The molecular weight excluding hydrogens is 308 g/mol. The molecular formula is C18H22N2O2S. The molecule has 2 aromatic rings. The van der Waals surface area contributed by atoms with Crippen molar-refractivity contribution in [1.29, 1.82) is 0 Å². The molecule has 3 heterocycles. The molecule has 0 bridgehead atoms. The molecule has 0 aliphatic carbocycles. The summed E-state index contributed by atoms with van der Waals surface area (Å²) >= 11 is 1.73. The van der Waals surface area contributed by atoms with E-state index in [0.717, 1.165) is 55.8 Å². The van der Waals surface area contributed by atoms with E-state index in [0.29, 0.717) is 12.5 Å². The van der Waals surface area contributed by atoms with E-state index in [2.05, 4.69) is 6.07 Å². The maximum Gasteiger partial charge on any atom is 0.223 e. The summed E-state index contributed by atoms with van der Waals surface area (Å²) in [5.74, 6) is 0.266. The first-order valence-corrected chi connectivity index (χ1v) is 9.39. The van der Waals surface area contributed by atoms with Crippen LogP contribution in [0.4, 0.5) is 0 Å². The van der Waals surface area contributed by atoms with Crippen molar-refractivity contribution >= 4 is 27.5 Å². The highest BCUT2D eigenvalue weighted by Gasteiger charge is 2.32. The predicted molar refractivity (Wildman–Crippen MR) is 91.5 cm³/mol. The number of rotatable bonds is 4. The van der Waals surface area contributed by atoms with Crippen molar-refractivity contribution in [2.24, 2.45) is 0 Å². The fourth-order valence-corrected chi connectivity index (χ4v) is 4.77. The van der Waals surface area contributed by atoms with Gasteiger partial charge in [0.25, 0.3) is 0 Å². The van der Waals surface area contributed by atoms with Gasteiger partial charge < -0.3 is 9.64 Å². The molecule has 1 aromatic heterocycles. The second-order valence-corrected chi connectivity index (χ2v) is 7.50. The van der Waals surface area contributed by atoms with Crippen LogP contribution >= 0.6 is 11.3 Å². The zero-order valence-corrected chi connectivity index (χ0v) is 14.1. The molecule has 122 valence electrons. The highest BCUT2D eigenvalue weighted by Crippen LogP contribution is 2.37. The predicted octanol–water partition coefficient (Wildman–Crippen LogP) is 3.92. The summed E-state index contributed by atoms with van der Waals surface area (Å²) in [4.78, 5) is 19.5. The lowest BCUT2D eigenvalue weighted by atomic mass is 10.1. The standard InChI is InChI=1S/C18H22N2O2S/c21-17(10-9-13-5-4-12-22-13)20-11-3-7-15(20)18-19-14-6-1-2-8-16(14)23-18/h1-2,6,8,13,15H,3-5,7,9-12H2/t13-,15-/m0/s1. The van der Waals surface area contributed by atoms with Crippen LogP contribution in [0.2, 0.25) is 0 Å². The van der Waals surface area contributed by atoms with Gasteiger partial charge in [0.2, 0.25) is 5.91 Å².